The van der Waals surface area contributed by atoms with Crippen molar-refractivity contribution in [1.82, 2.24) is 0 Å². The summed E-state index contributed by atoms with van der Waals surface area (Å²) in [4.78, 5) is 11.0. The Kier molecular flexibility index (Phi) is 2.83. The maximum absolute atomic E-state index is 11.0. The van der Waals surface area contributed by atoms with Crippen LogP contribution in [0.25, 0.3) is 11.1 Å². The highest BCUT2D eigenvalue weighted by molar-refractivity contribution is 7.15. The quantitative estimate of drug-likeness (QED) is 0.821. The maximum atomic E-state index is 11.0. The van der Waals surface area contributed by atoms with Crippen molar-refractivity contribution in [3.63, 3.8) is 0 Å². The third-order valence-corrected chi connectivity index (χ3v) is 2.87. The number of benzene rings is 1. The van der Waals surface area contributed by atoms with Gasteiger partial charge in [0.15, 0.2) is 0 Å². The van der Waals surface area contributed by atoms with Crippen LogP contribution in [0.4, 0.5) is 5.00 Å². The van der Waals surface area contributed by atoms with Gasteiger partial charge in [0.25, 0.3) is 0 Å². The molecule has 2 nitrogen and oxygen atoms in total. The van der Waals surface area contributed by atoms with E-state index in [0.717, 1.165) is 16.1 Å². The molecule has 3 heteroatoms. The van der Waals surface area contributed by atoms with Crippen LogP contribution in [0.3, 0.4) is 0 Å². The van der Waals surface area contributed by atoms with Crippen LogP contribution in [-0.4, -0.2) is 5.91 Å². The van der Waals surface area contributed by atoms with Crippen LogP contribution in [0.15, 0.2) is 41.8 Å². The van der Waals surface area contributed by atoms with Gasteiger partial charge in [-0.15, -0.1) is 11.3 Å². The fourth-order valence-electron chi connectivity index (χ4n) is 1.41. The largest absolute Gasteiger partial charge is 0.317 e. The molecule has 1 heterocycles. The lowest BCUT2D eigenvalue weighted by Gasteiger charge is -2.03. The Bertz CT molecular complexity index is 461. The molecule has 0 atom stereocenters. The molecule has 1 aromatic heterocycles. The van der Waals surface area contributed by atoms with E-state index in [-0.39, 0.29) is 5.91 Å². The summed E-state index contributed by atoms with van der Waals surface area (Å²) in [7, 11) is 0. The van der Waals surface area contributed by atoms with Gasteiger partial charge in [-0.3, -0.25) is 4.79 Å². The third kappa shape index (κ3) is 2.25. The molecule has 0 fully saturated rings. The third-order valence-electron chi connectivity index (χ3n) is 2.04. The number of hydrogen-bond acceptors (Lipinski definition) is 2. The van der Waals surface area contributed by atoms with E-state index >= 15 is 0 Å². The fraction of sp³-hybridized carbons (Fsp3) is 0.0833. The summed E-state index contributed by atoms with van der Waals surface area (Å²) >= 11 is 1.54. The van der Waals surface area contributed by atoms with Crippen molar-refractivity contribution in [2.75, 3.05) is 5.32 Å². The fourth-order valence-corrected chi connectivity index (χ4v) is 2.27. The molecule has 0 aliphatic rings. The van der Waals surface area contributed by atoms with Crippen molar-refractivity contribution in [2.45, 2.75) is 6.92 Å². The number of rotatable bonds is 2. The summed E-state index contributed by atoms with van der Waals surface area (Å²) in [6.07, 6.45) is 0. The number of hydrogen-bond donors (Lipinski definition) is 1. The van der Waals surface area contributed by atoms with E-state index in [1.165, 1.54) is 6.92 Å². The zero-order valence-corrected chi connectivity index (χ0v) is 9.17. The summed E-state index contributed by atoms with van der Waals surface area (Å²) in [6, 6.07) is 12.1. The summed E-state index contributed by atoms with van der Waals surface area (Å²) < 4.78 is 0. The molecular weight excluding hydrogens is 206 g/mol. The number of carbonyl (C=O) groups excluding carboxylic acids is 1. The van der Waals surface area contributed by atoms with E-state index in [4.69, 9.17) is 0 Å². The van der Waals surface area contributed by atoms with E-state index in [0.29, 0.717) is 0 Å². The van der Waals surface area contributed by atoms with E-state index in [1.54, 1.807) is 11.3 Å². The summed E-state index contributed by atoms with van der Waals surface area (Å²) in [5.74, 6) is -0.0327. The lowest BCUT2D eigenvalue weighted by atomic mass is 10.1. The normalized spacial score (nSPS) is 9.93. The number of nitrogens with one attached hydrogen (secondary N) is 1. The lowest BCUT2D eigenvalue weighted by molar-refractivity contribution is -0.114. The number of anilines is 1. The second-order valence-corrected chi connectivity index (χ2v) is 4.13. The van der Waals surface area contributed by atoms with Gasteiger partial charge in [0.05, 0.1) is 0 Å². The molecule has 0 saturated carbocycles. The van der Waals surface area contributed by atoms with E-state index in [1.807, 2.05) is 41.8 Å². The summed E-state index contributed by atoms with van der Waals surface area (Å²) in [6.45, 7) is 1.52. The van der Waals surface area contributed by atoms with Crippen molar-refractivity contribution < 1.29 is 4.79 Å². The van der Waals surface area contributed by atoms with Crippen LogP contribution in [-0.2, 0) is 4.79 Å². The standard InChI is InChI=1S/C12H11NOS/c1-9(14)13-12-11(7-8-15-12)10-5-3-2-4-6-10/h2-8H,1H3,(H,13,14). The molecule has 0 saturated heterocycles. The monoisotopic (exact) mass is 217 g/mol. The average molecular weight is 217 g/mol. The molecule has 1 N–H and O–H groups in total. The zero-order chi connectivity index (χ0) is 10.7. The van der Waals surface area contributed by atoms with Gasteiger partial charge in [0, 0.05) is 12.5 Å². The highest BCUT2D eigenvalue weighted by Crippen LogP contribution is 2.32. The number of carbonyl (C=O) groups is 1. The molecule has 76 valence electrons. The minimum Gasteiger partial charge on any atom is -0.317 e. The van der Waals surface area contributed by atoms with Gasteiger partial charge in [-0.2, -0.15) is 0 Å². The van der Waals surface area contributed by atoms with E-state index in [9.17, 15) is 4.79 Å². The first-order valence-corrected chi connectivity index (χ1v) is 5.56. The molecule has 2 rings (SSSR count). The van der Waals surface area contributed by atoms with Crippen molar-refractivity contribution in [3.05, 3.63) is 41.8 Å². The second-order valence-electron chi connectivity index (χ2n) is 3.21. The van der Waals surface area contributed by atoms with Gasteiger partial charge in [-0.05, 0) is 17.0 Å². The molecule has 0 aliphatic carbocycles. The van der Waals surface area contributed by atoms with Crippen LogP contribution < -0.4 is 5.32 Å². The topological polar surface area (TPSA) is 29.1 Å². The van der Waals surface area contributed by atoms with Crippen LogP contribution >= 0.6 is 11.3 Å². The van der Waals surface area contributed by atoms with Gasteiger partial charge >= 0.3 is 0 Å². The van der Waals surface area contributed by atoms with Crippen molar-refractivity contribution >= 4 is 22.2 Å². The Morgan fingerprint density at radius 2 is 1.93 bits per heavy atom. The Balaban J connectivity index is 2.37. The van der Waals surface area contributed by atoms with Crippen LogP contribution in [0.1, 0.15) is 6.92 Å². The minimum atomic E-state index is -0.0327. The molecule has 15 heavy (non-hydrogen) atoms. The Morgan fingerprint density at radius 3 is 2.60 bits per heavy atom. The van der Waals surface area contributed by atoms with Crippen LogP contribution in [0.2, 0.25) is 0 Å². The van der Waals surface area contributed by atoms with Gasteiger partial charge in [0.1, 0.15) is 5.00 Å². The van der Waals surface area contributed by atoms with Crippen molar-refractivity contribution in [2.24, 2.45) is 0 Å². The summed E-state index contributed by atoms with van der Waals surface area (Å²) in [5.41, 5.74) is 2.21. The Morgan fingerprint density at radius 1 is 1.20 bits per heavy atom. The molecule has 0 unspecified atom stereocenters. The molecular formula is C12H11NOS. The Labute approximate surface area is 92.6 Å². The average Bonchev–Trinajstić information content (AvgIpc) is 2.66. The molecule has 0 radical (unpaired) electrons. The van der Waals surface area contributed by atoms with Crippen LogP contribution in [0, 0.1) is 0 Å². The van der Waals surface area contributed by atoms with E-state index < -0.39 is 0 Å². The number of thiophene rings is 1. The maximum Gasteiger partial charge on any atom is 0.221 e. The molecule has 1 aromatic carbocycles. The molecule has 0 bridgehead atoms. The summed E-state index contributed by atoms with van der Waals surface area (Å²) in [5, 5.41) is 5.72. The predicted octanol–water partition coefficient (Wildman–Crippen LogP) is 3.37. The predicted molar refractivity (Wildman–Crippen MR) is 64.1 cm³/mol. The highest BCUT2D eigenvalue weighted by atomic mass is 32.1. The lowest BCUT2D eigenvalue weighted by Crippen LogP contribution is -2.04. The SMILES string of the molecule is CC(=O)Nc1sccc1-c1ccccc1. The van der Waals surface area contributed by atoms with Crippen molar-refractivity contribution in [1.29, 1.82) is 0 Å². The van der Waals surface area contributed by atoms with Crippen molar-refractivity contribution in [3.8, 4) is 11.1 Å². The van der Waals surface area contributed by atoms with Gasteiger partial charge in [0.2, 0.25) is 5.91 Å². The van der Waals surface area contributed by atoms with Gasteiger partial charge < -0.3 is 5.32 Å². The highest BCUT2D eigenvalue weighted by Gasteiger charge is 2.06. The Hall–Kier alpha value is -1.61. The number of amides is 1. The molecule has 2 aromatic rings. The zero-order valence-electron chi connectivity index (χ0n) is 8.36. The molecule has 0 aliphatic heterocycles. The first-order chi connectivity index (χ1) is 7.27. The van der Waals surface area contributed by atoms with Crippen LogP contribution in [0.5, 0.6) is 0 Å². The van der Waals surface area contributed by atoms with Gasteiger partial charge in [-0.1, -0.05) is 30.3 Å². The second kappa shape index (κ2) is 4.28. The van der Waals surface area contributed by atoms with Gasteiger partial charge in [-0.25, -0.2) is 0 Å². The first-order valence-electron chi connectivity index (χ1n) is 4.68. The first kappa shape index (κ1) is 9.93. The molecule has 1 amide bonds. The molecule has 0 spiro atoms. The minimum absolute atomic E-state index is 0.0327. The smallest absolute Gasteiger partial charge is 0.221 e. The van der Waals surface area contributed by atoms with E-state index in [2.05, 4.69) is 5.32 Å².